The second-order valence-electron chi connectivity index (χ2n) is 4.98. The van der Waals surface area contributed by atoms with Gasteiger partial charge >= 0.3 is 0 Å². The molecule has 0 saturated heterocycles. The maximum atomic E-state index is 12.3. The fourth-order valence-corrected chi connectivity index (χ4v) is 2.65. The standard InChI is InChI=1S/C18H13IN2O3/c19-13-5-2-7-15(11-13)20-17(22)12-4-1-6-14(10-12)21-18(23)16-8-3-9-24-16/h1-11H,(H,20,22)(H,21,23). The van der Waals surface area contributed by atoms with Gasteiger partial charge in [0.15, 0.2) is 5.76 Å². The molecule has 0 spiro atoms. The minimum Gasteiger partial charge on any atom is -0.459 e. The van der Waals surface area contributed by atoms with E-state index < -0.39 is 0 Å². The monoisotopic (exact) mass is 432 g/mol. The van der Waals surface area contributed by atoms with Gasteiger partial charge in [-0.3, -0.25) is 9.59 Å². The highest BCUT2D eigenvalue weighted by Crippen LogP contribution is 2.16. The van der Waals surface area contributed by atoms with Crippen LogP contribution in [0.25, 0.3) is 0 Å². The molecule has 0 saturated carbocycles. The summed E-state index contributed by atoms with van der Waals surface area (Å²) < 4.78 is 6.08. The lowest BCUT2D eigenvalue weighted by atomic mass is 10.1. The third kappa shape index (κ3) is 4.02. The Morgan fingerprint density at radius 1 is 0.833 bits per heavy atom. The normalized spacial score (nSPS) is 10.2. The van der Waals surface area contributed by atoms with Gasteiger partial charge in [0.1, 0.15) is 0 Å². The van der Waals surface area contributed by atoms with Gasteiger partial charge in [0, 0.05) is 20.5 Å². The molecule has 0 radical (unpaired) electrons. The molecule has 5 nitrogen and oxygen atoms in total. The molecule has 1 aromatic heterocycles. The summed E-state index contributed by atoms with van der Waals surface area (Å²) in [6.07, 6.45) is 1.43. The number of hydrogen-bond donors (Lipinski definition) is 2. The highest BCUT2D eigenvalue weighted by Gasteiger charge is 2.11. The molecule has 120 valence electrons. The third-order valence-electron chi connectivity index (χ3n) is 3.21. The topological polar surface area (TPSA) is 71.3 Å². The summed E-state index contributed by atoms with van der Waals surface area (Å²) in [6, 6.07) is 17.4. The average molecular weight is 432 g/mol. The van der Waals surface area contributed by atoms with Crippen molar-refractivity contribution in [2.24, 2.45) is 0 Å². The number of rotatable bonds is 4. The first-order chi connectivity index (χ1) is 11.6. The van der Waals surface area contributed by atoms with Crippen LogP contribution in [0, 0.1) is 3.57 Å². The van der Waals surface area contributed by atoms with Crippen LogP contribution in [-0.2, 0) is 0 Å². The second kappa shape index (κ2) is 7.31. The van der Waals surface area contributed by atoms with Crippen LogP contribution in [0.1, 0.15) is 20.9 Å². The van der Waals surface area contributed by atoms with Crippen LogP contribution in [0.3, 0.4) is 0 Å². The fraction of sp³-hybridized carbons (Fsp3) is 0. The third-order valence-corrected chi connectivity index (χ3v) is 3.88. The van der Waals surface area contributed by atoms with Crippen LogP contribution in [-0.4, -0.2) is 11.8 Å². The first-order valence-electron chi connectivity index (χ1n) is 7.14. The van der Waals surface area contributed by atoms with Crippen molar-refractivity contribution in [2.45, 2.75) is 0 Å². The summed E-state index contributed by atoms with van der Waals surface area (Å²) in [5.74, 6) is -0.398. The van der Waals surface area contributed by atoms with Crippen LogP contribution in [0.15, 0.2) is 71.3 Å². The molecule has 0 unspecified atom stereocenters. The van der Waals surface area contributed by atoms with Crippen molar-refractivity contribution in [1.82, 2.24) is 0 Å². The Balaban J connectivity index is 1.72. The molecule has 2 aromatic carbocycles. The summed E-state index contributed by atoms with van der Waals surface area (Å²) >= 11 is 2.18. The average Bonchev–Trinajstić information content (AvgIpc) is 3.10. The zero-order chi connectivity index (χ0) is 16.9. The van der Waals surface area contributed by atoms with E-state index in [9.17, 15) is 9.59 Å². The van der Waals surface area contributed by atoms with Gasteiger partial charge in [0.25, 0.3) is 11.8 Å². The van der Waals surface area contributed by atoms with Gasteiger partial charge in [-0.15, -0.1) is 0 Å². The number of anilines is 2. The van der Waals surface area contributed by atoms with Gasteiger partial charge in [0.2, 0.25) is 0 Å². The molecule has 0 atom stereocenters. The number of furan rings is 1. The Hall–Kier alpha value is -2.61. The lowest BCUT2D eigenvalue weighted by molar-refractivity contribution is 0.0993. The molecule has 2 amide bonds. The number of carbonyl (C=O) groups excluding carboxylic acids is 2. The Kier molecular flexibility index (Phi) is 4.95. The fourth-order valence-electron chi connectivity index (χ4n) is 2.11. The molecule has 0 fully saturated rings. The van der Waals surface area contributed by atoms with Crippen LogP contribution >= 0.6 is 22.6 Å². The van der Waals surface area contributed by atoms with E-state index in [1.54, 1.807) is 36.4 Å². The van der Waals surface area contributed by atoms with E-state index in [1.165, 1.54) is 6.26 Å². The Bertz CT molecular complexity index is 875. The largest absolute Gasteiger partial charge is 0.459 e. The molecule has 0 aliphatic rings. The minimum absolute atomic E-state index is 0.212. The number of benzene rings is 2. The first-order valence-corrected chi connectivity index (χ1v) is 8.21. The van der Waals surface area contributed by atoms with Gasteiger partial charge in [-0.05, 0) is 71.1 Å². The Morgan fingerprint density at radius 3 is 2.25 bits per heavy atom. The smallest absolute Gasteiger partial charge is 0.291 e. The summed E-state index contributed by atoms with van der Waals surface area (Å²) in [5.41, 5.74) is 1.69. The highest BCUT2D eigenvalue weighted by molar-refractivity contribution is 14.1. The summed E-state index contributed by atoms with van der Waals surface area (Å²) in [4.78, 5) is 24.3. The predicted molar refractivity (Wildman–Crippen MR) is 100 cm³/mol. The zero-order valence-electron chi connectivity index (χ0n) is 12.5. The van der Waals surface area contributed by atoms with Crippen LogP contribution in [0.2, 0.25) is 0 Å². The molecule has 2 N–H and O–H groups in total. The summed E-state index contributed by atoms with van der Waals surface area (Å²) in [7, 11) is 0. The van der Waals surface area contributed by atoms with Crippen molar-refractivity contribution in [2.75, 3.05) is 10.6 Å². The SMILES string of the molecule is O=C(Nc1cccc(I)c1)c1cccc(NC(=O)c2ccco2)c1. The van der Waals surface area contributed by atoms with Gasteiger partial charge in [-0.25, -0.2) is 0 Å². The molecule has 0 bridgehead atoms. The number of carbonyl (C=O) groups is 2. The van der Waals surface area contributed by atoms with Crippen LogP contribution in [0.5, 0.6) is 0 Å². The van der Waals surface area contributed by atoms with Crippen molar-refractivity contribution in [3.05, 3.63) is 81.8 Å². The zero-order valence-corrected chi connectivity index (χ0v) is 14.6. The van der Waals surface area contributed by atoms with E-state index in [4.69, 9.17) is 4.42 Å². The van der Waals surface area contributed by atoms with Crippen molar-refractivity contribution < 1.29 is 14.0 Å². The van der Waals surface area contributed by atoms with E-state index in [1.807, 2.05) is 24.3 Å². The van der Waals surface area contributed by atoms with Gasteiger partial charge in [-0.2, -0.15) is 0 Å². The van der Waals surface area contributed by atoms with Crippen molar-refractivity contribution in [1.29, 1.82) is 0 Å². The summed E-state index contributed by atoms with van der Waals surface area (Å²) in [6.45, 7) is 0. The molecular weight excluding hydrogens is 419 g/mol. The lowest BCUT2D eigenvalue weighted by Crippen LogP contribution is -2.14. The quantitative estimate of drug-likeness (QED) is 0.601. The van der Waals surface area contributed by atoms with Crippen LogP contribution < -0.4 is 10.6 Å². The predicted octanol–water partition coefficient (Wildman–Crippen LogP) is 4.39. The van der Waals surface area contributed by atoms with Crippen LogP contribution in [0.4, 0.5) is 11.4 Å². The first kappa shape index (κ1) is 16.3. The van der Waals surface area contributed by atoms with Crippen molar-refractivity contribution >= 4 is 45.8 Å². The molecule has 0 aliphatic heterocycles. The van der Waals surface area contributed by atoms with Crippen molar-refractivity contribution in [3.63, 3.8) is 0 Å². The molecule has 6 heteroatoms. The van der Waals surface area contributed by atoms with E-state index in [-0.39, 0.29) is 17.6 Å². The lowest BCUT2D eigenvalue weighted by Gasteiger charge is -2.08. The van der Waals surface area contributed by atoms with Gasteiger partial charge in [0.05, 0.1) is 6.26 Å². The molecule has 0 aliphatic carbocycles. The molecule has 24 heavy (non-hydrogen) atoms. The van der Waals surface area contributed by atoms with Gasteiger partial charge < -0.3 is 15.1 Å². The molecule has 1 heterocycles. The number of hydrogen-bond acceptors (Lipinski definition) is 3. The van der Waals surface area contributed by atoms with E-state index in [0.717, 1.165) is 9.26 Å². The number of halogens is 1. The number of nitrogens with one attached hydrogen (secondary N) is 2. The molecule has 3 aromatic rings. The molecule has 3 rings (SSSR count). The maximum Gasteiger partial charge on any atom is 0.291 e. The van der Waals surface area contributed by atoms with E-state index >= 15 is 0 Å². The number of amides is 2. The summed E-state index contributed by atoms with van der Waals surface area (Å²) in [5, 5.41) is 5.53. The highest BCUT2D eigenvalue weighted by atomic mass is 127. The van der Waals surface area contributed by atoms with Crippen molar-refractivity contribution in [3.8, 4) is 0 Å². The second-order valence-corrected chi connectivity index (χ2v) is 6.22. The van der Waals surface area contributed by atoms with E-state index in [2.05, 4.69) is 33.2 Å². The van der Waals surface area contributed by atoms with Gasteiger partial charge in [-0.1, -0.05) is 12.1 Å². The Morgan fingerprint density at radius 2 is 1.54 bits per heavy atom. The minimum atomic E-state index is -0.366. The molecular formula is C18H13IN2O3. The maximum absolute atomic E-state index is 12.3. The Labute approximate surface area is 152 Å². The van der Waals surface area contributed by atoms with E-state index in [0.29, 0.717) is 11.3 Å².